The lowest BCUT2D eigenvalue weighted by Gasteiger charge is -2.38. The van der Waals surface area contributed by atoms with E-state index in [2.05, 4.69) is 5.32 Å². The Labute approximate surface area is 124 Å². The number of carbonyl (C=O) groups excluding carboxylic acids is 2. The molecule has 0 spiro atoms. The van der Waals surface area contributed by atoms with Gasteiger partial charge in [-0.1, -0.05) is 0 Å². The highest BCUT2D eigenvalue weighted by atomic mass is 16.3. The molecule has 0 aliphatic carbocycles. The smallest absolute Gasteiger partial charge is 0.245 e. The Morgan fingerprint density at radius 3 is 2.67 bits per heavy atom. The fourth-order valence-electron chi connectivity index (χ4n) is 2.67. The van der Waals surface area contributed by atoms with Crippen LogP contribution in [0.2, 0.25) is 0 Å². The zero-order valence-electron chi connectivity index (χ0n) is 12.2. The van der Waals surface area contributed by atoms with E-state index < -0.39 is 11.9 Å². The summed E-state index contributed by atoms with van der Waals surface area (Å²) in [6, 6.07) is -0.727. The predicted octanol–water partition coefficient (Wildman–Crippen LogP) is -1.13. The van der Waals surface area contributed by atoms with Crippen LogP contribution in [-0.4, -0.2) is 53.0 Å². The number of piperidine rings is 1. The van der Waals surface area contributed by atoms with Crippen molar-refractivity contribution in [2.75, 3.05) is 13.2 Å². The highest BCUT2D eigenvalue weighted by Crippen LogP contribution is 2.21. The molecule has 0 aromatic rings. The second-order valence-electron chi connectivity index (χ2n) is 5.31. The molecule has 0 saturated carbocycles. The van der Waals surface area contributed by atoms with Gasteiger partial charge in [0.15, 0.2) is 5.96 Å². The normalized spacial score (nSPS) is 19.9. The summed E-state index contributed by atoms with van der Waals surface area (Å²) in [4.78, 5) is 25.2. The molecule has 8 heteroatoms. The Morgan fingerprint density at radius 1 is 1.38 bits per heavy atom. The molecule has 2 atom stereocenters. The summed E-state index contributed by atoms with van der Waals surface area (Å²) in [5.74, 6) is -0.998. The minimum atomic E-state index is -0.728. The summed E-state index contributed by atoms with van der Waals surface area (Å²) in [6.45, 7) is 0.649. The highest BCUT2D eigenvalue weighted by molar-refractivity contribution is 5.88. The van der Waals surface area contributed by atoms with Crippen LogP contribution in [0, 0.1) is 5.41 Å². The number of guanidine groups is 1. The van der Waals surface area contributed by atoms with Crippen LogP contribution in [0.3, 0.4) is 0 Å². The van der Waals surface area contributed by atoms with Gasteiger partial charge in [-0.25, -0.2) is 0 Å². The lowest BCUT2D eigenvalue weighted by molar-refractivity contribution is -0.137. The van der Waals surface area contributed by atoms with E-state index in [4.69, 9.17) is 22.0 Å². The third kappa shape index (κ3) is 5.58. The number of aliphatic hydroxyl groups is 1. The molecule has 0 bridgehead atoms. The van der Waals surface area contributed by atoms with Crippen LogP contribution in [0.4, 0.5) is 0 Å². The van der Waals surface area contributed by atoms with Gasteiger partial charge in [-0.15, -0.1) is 0 Å². The molecule has 1 heterocycles. The summed E-state index contributed by atoms with van der Waals surface area (Å²) in [6.07, 6.45) is 3.59. The Morgan fingerprint density at radius 2 is 2.10 bits per heavy atom. The third-order valence-corrected chi connectivity index (χ3v) is 3.68. The van der Waals surface area contributed by atoms with Gasteiger partial charge in [0.1, 0.15) is 6.04 Å². The molecule has 8 nitrogen and oxygen atoms in total. The van der Waals surface area contributed by atoms with Gasteiger partial charge in [-0.3, -0.25) is 15.0 Å². The molecule has 2 unspecified atom stereocenters. The molecule has 1 saturated heterocycles. The summed E-state index contributed by atoms with van der Waals surface area (Å²) in [5, 5.41) is 19.0. The van der Waals surface area contributed by atoms with Crippen molar-refractivity contribution in [3.05, 3.63) is 0 Å². The van der Waals surface area contributed by atoms with E-state index in [0.717, 1.165) is 19.3 Å². The van der Waals surface area contributed by atoms with Crippen molar-refractivity contribution in [2.24, 2.45) is 11.5 Å². The number of hydrogen-bond acceptors (Lipinski definition) is 4. The van der Waals surface area contributed by atoms with Crippen molar-refractivity contribution in [3.63, 3.8) is 0 Å². The first-order valence-electron chi connectivity index (χ1n) is 7.26. The molecule has 0 radical (unpaired) electrons. The molecule has 1 aliphatic heterocycles. The van der Waals surface area contributed by atoms with E-state index in [1.165, 1.54) is 0 Å². The number of nitrogens with one attached hydrogen (secondary N) is 2. The zero-order chi connectivity index (χ0) is 15.8. The van der Waals surface area contributed by atoms with Gasteiger partial charge in [0.2, 0.25) is 11.8 Å². The third-order valence-electron chi connectivity index (χ3n) is 3.68. The molecule has 21 heavy (non-hydrogen) atoms. The largest absolute Gasteiger partial charge is 0.396 e. The van der Waals surface area contributed by atoms with E-state index in [1.807, 2.05) is 0 Å². The van der Waals surface area contributed by atoms with Crippen LogP contribution in [-0.2, 0) is 9.59 Å². The lowest BCUT2D eigenvalue weighted by atomic mass is 9.97. The summed E-state index contributed by atoms with van der Waals surface area (Å²) in [5.41, 5.74) is 10.4. The summed E-state index contributed by atoms with van der Waals surface area (Å²) in [7, 11) is 0. The standard InChI is InChI=1S/C13H25N5O3/c14-11(20)5-4-10(17-13(15)16)12(21)18-7-2-1-3-9(18)6-8-19/h9-10,19H,1-8H2,(H2,14,20)(H4,15,16,17). The summed E-state index contributed by atoms with van der Waals surface area (Å²) < 4.78 is 0. The fraction of sp³-hybridized carbons (Fsp3) is 0.769. The first-order chi connectivity index (χ1) is 9.95. The number of hydrogen-bond donors (Lipinski definition) is 5. The highest BCUT2D eigenvalue weighted by Gasteiger charge is 2.31. The number of nitrogens with two attached hydrogens (primary N) is 2. The first-order valence-corrected chi connectivity index (χ1v) is 7.26. The summed E-state index contributed by atoms with van der Waals surface area (Å²) >= 11 is 0. The topological polar surface area (TPSA) is 146 Å². The van der Waals surface area contributed by atoms with Crippen LogP contribution >= 0.6 is 0 Å². The molecule has 1 fully saturated rings. The number of rotatable bonds is 7. The van der Waals surface area contributed by atoms with Crippen molar-refractivity contribution in [1.29, 1.82) is 5.41 Å². The Kier molecular flexibility index (Phi) is 6.93. The number of nitrogens with zero attached hydrogens (tertiary/aromatic N) is 1. The van der Waals surface area contributed by atoms with Gasteiger partial charge in [-0.05, 0) is 32.1 Å². The SMILES string of the molecule is N=C(N)NC(CCC(N)=O)C(=O)N1CCCCC1CCO. The number of carbonyl (C=O) groups is 2. The van der Waals surface area contributed by atoms with E-state index in [0.29, 0.717) is 13.0 Å². The average Bonchev–Trinajstić information content (AvgIpc) is 2.43. The van der Waals surface area contributed by atoms with Crippen LogP contribution in [0.5, 0.6) is 0 Å². The maximum Gasteiger partial charge on any atom is 0.245 e. The van der Waals surface area contributed by atoms with E-state index in [9.17, 15) is 9.59 Å². The molecule has 120 valence electrons. The monoisotopic (exact) mass is 299 g/mol. The Bertz CT molecular complexity index is 386. The number of aliphatic hydroxyl groups excluding tert-OH is 1. The molecule has 1 aliphatic rings. The van der Waals surface area contributed by atoms with Crippen LogP contribution in [0.25, 0.3) is 0 Å². The van der Waals surface area contributed by atoms with Crippen molar-refractivity contribution in [3.8, 4) is 0 Å². The molecular formula is C13H25N5O3. The van der Waals surface area contributed by atoms with Gasteiger partial charge in [0.05, 0.1) is 0 Å². The Balaban J connectivity index is 2.75. The van der Waals surface area contributed by atoms with Gasteiger partial charge in [-0.2, -0.15) is 0 Å². The molecule has 1 rings (SSSR count). The maximum atomic E-state index is 12.6. The van der Waals surface area contributed by atoms with Gasteiger partial charge >= 0.3 is 0 Å². The fourth-order valence-corrected chi connectivity index (χ4v) is 2.67. The molecule has 7 N–H and O–H groups in total. The minimum absolute atomic E-state index is 0.00101. The van der Waals surface area contributed by atoms with Gasteiger partial charge in [0, 0.05) is 25.6 Å². The quantitative estimate of drug-likeness (QED) is 0.298. The van der Waals surface area contributed by atoms with E-state index in [-0.39, 0.29) is 37.4 Å². The molecule has 0 aromatic heterocycles. The van der Waals surface area contributed by atoms with Gasteiger partial charge in [0.25, 0.3) is 0 Å². The molecular weight excluding hydrogens is 274 g/mol. The predicted molar refractivity (Wildman–Crippen MR) is 78.3 cm³/mol. The number of primary amides is 1. The Hall–Kier alpha value is -1.83. The number of likely N-dealkylation sites (tertiary alicyclic amines) is 1. The first kappa shape index (κ1) is 17.2. The van der Waals surface area contributed by atoms with Crippen LogP contribution in [0.1, 0.15) is 38.5 Å². The zero-order valence-corrected chi connectivity index (χ0v) is 12.2. The average molecular weight is 299 g/mol. The van der Waals surface area contributed by atoms with Crippen molar-refractivity contribution >= 4 is 17.8 Å². The van der Waals surface area contributed by atoms with Crippen molar-refractivity contribution < 1.29 is 14.7 Å². The second-order valence-corrected chi connectivity index (χ2v) is 5.31. The molecule has 2 amide bonds. The number of amides is 2. The van der Waals surface area contributed by atoms with E-state index in [1.54, 1.807) is 4.90 Å². The van der Waals surface area contributed by atoms with Crippen molar-refractivity contribution in [1.82, 2.24) is 10.2 Å². The molecule has 0 aromatic carbocycles. The van der Waals surface area contributed by atoms with Gasteiger partial charge < -0.3 is 26.8 Å². The second kappa shape index (κ2) is 8.46. The van der Waals surface area contributed by atoms with E-state index >= 15 is 0 Å². The van der Waals surface area contributed by atoms with Crippen molar-refractivity contribution in [2.45, 2.75) is 50.6 Å². The minimum Gasteiger partial charge on any atom is -0.396 e. The maximum absolute atomic E-state index is 12.6. The lowest BCUT2D eigenvalue weighted by Crippen LogP contribution is -2.54. The van der Waals surface area contributed by atoms with Crippen LogP contribution < -0.4 is 16.8 Å². The van der Waals surface area contributed by atoms with Crippen LogP contribution in [0.15, 0.2) is 0 Å².